The summed E-state index contributed by atoms with van der Waals surface area (Å²) in [6.07, 6.45) is 5.14. The van der Waals surface area contributed by atoms with Gasteiger partial charge in [0.1, 0.15) is 0 Å². The fraction of sp³-hybridized carbons (Fsp3) is 0.417. The lowest BCUT2D eigenvalue weighted by molar-refractivity contribution is 0.259. The van der Waals surface area contributed by atoms with Crippen LogP contribution in [0.25, 0.3) is 0 Å². The van der Waals surface area contributed by atoms with E-state index in [9.17, 15) is 4.79 Å². The van der Waals surface area contributed by atoms with Crippen LogP contribution in [0.15, 0.2) is 24.3 Å². The third kappa shape index (κ3) is 2.89. The Morgan fingerprint density at radius 2 is 1.69 bits per heavy atom. The van der Waals surface area contributed by atoms with Crippen molar-refractivity contribution in [3.63, 3.8) is 0 Å². The summed E-state index contributed by atoms with van der Waals surface area (Å²) in [4.78, 5) is 10.6. The maximum absolute atomic E-state index is 10.6. The van der Waals surface area contributed by atoms with Crippen molar-refractivity contribution >= 4 is 17.4 Å². The number of nitrogens with one attached hydrogen (secondary N) is 2. The standard InChI is InChI=1S/C12H17N3O/c13-12(16)15-11-7-5-10(6-8-11)14-9-3-1-2-4-9/h5-9,14H,1-4H2,(H3,13,15,16). The van der Waals surface area contributed by atoms with E-state index < -0.39 is 6.03 Å². The molecule has 1 aromatic rings. The number of hydrogen-bond donors (Lipinski definition) is 3. The lowest BCUT2D eigenvalue weighted by Crippen LogP contribution is -2.19. The molecule has 0 bridgehead atoms. The molecule has 2 rings (SSSR count). The van der Waals surface area contributed by atoms with Gasteiger partial charge in [-0.05, 0) is 37.1 Å². The molecular formula is C12H17N3O. The van der Waals surface area contributed by atoms with E-state index in [1.807, 2.05) is 24.3 Å². The molecule has 4 N–H and O–H groups in total. The van der Waals surface area contributed by atoms with Gasteiger partial charge in [0, 0.05) is 17.4 Å². The molecule has 1 aliphatic rings. The van der Waals surface area contributed by atoms with Gasteiger partial charge in [-0.2, -0.15) is 0 Å². The average Bonchev–Trinajstić information content (AvgIpc) is 2.73. The Morgan fingerprint density at radius 1 is 1.12 bits per heavy atom. The Labute approximate surface area is 95.2 Å². The Balaban J connectivity index is 1.93. The monoisotopic (exact) mass is 219 g/mol. The summed E-state index contributed by atoms with van der Waals surface area (Å²) in [5.41, 5.74) is 6.85. The van der Waals surface area contributed by atoms with Crippen LogP contribution in [0, 0.1) is 0 Å². The van der Waals surface area contributed by atoms with Crippen molar-refractivity contribution < 1.29 is 4.79 Å². The molecule has 1 saturated carbocycles. The molecule has 4 nitrogen and oxygen atoms in total. The van der Waals surface area contributed by atoms with Crippen molar-refractivity contribution in [3.8, 4) is 0 Å². The van der Waals surface area contributed by atoms with Crippen molar-refractivity contribution in [2.75, 3.05) is 10.6 Å². The second-order valence-electron chi connectivity index (χ2n) is 4.19. The highest BCUT2D eigenvalue weighted by atomic mass is 16.2. The molecule has 0 radical (unpaired) electrons. The zero-order valence-corrected chi connectivity index (χ0v) is 9.20. The first-order valence-electron chi connectivity index (χ1n) is 5.67. The number of benzene rings is 1. The predicted octanol–water partition coefficient (Wildman–Crippen LogP) is 2.53. The summed E-state index contributed by atoms with van der Waals surface area (Å²) in [5.74, 6) is 0. The minimum atomic E-state index is -0.531. The number of amides is 2. The molecule has 1 fully saturated rings. The highest BCUT2D eigenvalue weighted by Crippen LogP contribution is 2.23. The molecule has 2 amide bonds. The first-order valence-corrected chi connectivity index (χ1v) is 5.67. The fourth-order valence-corrected chi connectivity index (χ4v) is 2.10. The third-order valence-electron chi connectivity index (χ3n) is 2.88. The van der Waals surface area contributed by atoms with E-state index in [0.29, 0.717) is 6.04 Å². The number of nitrogens with two attached hydrogens (primary N) is 1. The van der Waals surface area contributed by atoms with Crippen LogP contribution in [0.1, 0.15) is 25.7 Å². The van der Waals surface area contributed by atoms with Crippen LogP contribution in [0.5, 0.6) is 0 Å². The molecule has 0 saturated heterocycles. The lowest BCUT2D eigenvalue weighted by atomic mass is 10.2. The van der Waals surface area contributed by atoms with Crippen LogP contribution in [-0.2, 0) is 0 Å². The Hall–Kier alpha value is -1.71. The van der Waals surface area contributed by atoms with E-state index in [2.05, 4.69) is 10.6 Å². The minimum absolute atomic E-state index is 0.531. The highest BCUT2D eigenvalue weighted by Gasteiger charge is 2.13. The summed E-state index contributed by atoms with van der Waals surface area (Å²) >= 11 is 0. The van der Waals surface area contributed by atoms with Crippen molar-refractivity contribution in [2.45, 2.75) is 31.7 Å². The quantitative estimate of drug-likeness (QED) is 0.731. The minimum Gasteiger partial charge on any atom is -0.382 e. The summed E-state index contributed by atoms with van der Waals surface area (Å²) in [5, 5.41) is 6.01. The topological polar surface area (TPSA) is 67.2 Å². The maximum atomic E-state index is 10.6. The maximum Gasteiger partial charge on any atom is 0.316 e. The normalized spacial score (nSPS) is 16.0. The second kappa shape index (κ2) is 4.88. The molecule has 16 heavy (non-hydrogen) atoms. The fourth-order valence-electron chi connectivity index (χ4n) is 2.10. The van der Waals surface area contributed by atoms with E-state index >= 15 is 0 Å². The Morgan fingerprint density at radius 3 is 2.25 bits per heavy atom. The van der Waals surface area contributed by atoms with Gasteiger partial charge in [0.25, 0.3) is 0 Å². The van der Waals surface area contributed by atoms with Crippen LogP contribution in [0.2, 0.25) is 0 Å². The highest BCUT2D eigenvalue weighted by molar-refractivity contribution is 5.87. The average molecular weight is 219 g/mol. The molecule has 0 aromatic heterocycles. The van der Waals surface area contributed by atoms with E-state index in [4.69, 9.17) is 5.73 Å². The number of carbonyl (C=O) groups excluding carboxylic acids is 1. The van der Waals surface area contributed by atoms with E-state index in [1.54, 1.807) is 0 Å². The largest absolute Gasteiger partial charge is 0.382 e. The van der Waals surface area contributed by atoms with Gasteiger partial charge in [0.05, 0.1) is 0 Å². The lowest BCUT2D eigenvalue weighted by Gasteiger charge is -2.13. The number of anilines is 2. The molecule has 0 heterocycles. The molecule has 0 spiro atoms. The van der Waals surface area contributed by atoms with Crippen molar-refractivity contribution in [3.05, 3.63) is 24.3 Å². The number of primary amides is 1. The van der Waals surface area contributed by atoms with Gasteiger partial charge < -0.3 is 16.4 Å². The van der Waals surface area contributed by atoms with Crippen LogP contribution in [0.4, 0.5) is 16.2 Å². The molecule has 1 aromatic carbocycles. The van der Waals surface area contributed by atoms with Crippen molar-refractivity contribution in [1.82, 2.24) is 0 Å². The summed E-state index contributed by atoms with van der Waals surface area (Å²) in [6, 6.07) is 7.70. The Kier molecular flexibility index (Phi) is 3.29. The SMILES string of the molecule is NC(=O)Nc1ccc(NC2CCCC2)cc1. The summed E-state index contributed by atoms with van der Waals surface area (Å²) in [7, 11) is 0. The molecule has 0 unspecified atom stereocenters. The first-order chi connectivity index (χ1) is 7.74. The number of rotatable bonds is 3. The molecule has 4 heteroatoms. The van der Waals surface area contributed by atoms with Crippen LogP contribution >= 0.6 is 0 Å². The third-order valence-corrected chi connectivity index (χ3v) is 2.88. The Bertz CT molecular complexity index is 355. The summed E-state index contributed by atoms with van der Waals surface area (Å²) < 4.78 is 0. The van der Waals surface area contributed by atoms with E-state index in [-0.39, 0.29) is 0 Å². The van der Waals surface area contributed by atoms with Crippen LogP contribution < -0.4 is 16.4 Å². The second-order valence-corrected chi connectivity index (χ2v) is 4.19. The van der Waals surface area contributed by atoms with Crippen LogP contribution in [-0.4, -0.2) is 12.1 Å². The van der Waals surface area contributed by atoms with E-state index in [0.717, 1.165) is 11.4 Å². The van der Waals surface area contributed by atoms with Gasteiger partial charge in [0.2, 0.25) is 0 Å². The molecule has 0 aliphatic heterocycles. The predicted molar refractivity (Wildman–Crippen MR) is 65.5 cm³/mol. The van der Waals surface area contributed by atoms with Gasteiger partial charge in [-0.1, -0.05) is 12.8 Å². The number of hydrogen-bond acceptors (Lipinski definition) is 2. The van der Waals surface area contributed by atoms with Crippen molar-refractivity contribution in [1.29, 1.82) is 0 Å². The zero-order chi connectivity index (χ0) is 11.4. The molecule has 1 aliphatic carbocycles. The zero-order valence-electron chi connectivity index (χ0n) is 9.20. The van der Waals surface area contributed by atoms with Gasteiger partial charge in [0.15, 0.2) is 0 Å². The smallest absolute Gasteiger partial charge is 0.316 e. The molecular weight excluding hydrogens is 202 g/mol. The van der Waals surface area contributed by atoms with Gasteiger partial charge >= 0.3 is 6.03 Å². The molecule has 0 atom stereocenters. The molecule has 86 valence electrons. The number of carbonyl (C=O) groups is 1. The summed E-state index contributed by atoms with van der Waals surface area (Å²) in [6.45, 7) is 0. The number of urea groups is 1. The van der Waals surface area contributed by atoms with E-state index in [1.165, 1.54) is 25.7 Å². The van der Waals surface area contributed by atoms with Crippen molar-refractivity contribution in [2.24, 2.45) is 5.73 Å². The van der Waals surface area contributed by atoms with Gasteiger partial charge in [-0.25, -0.2) is 4.79 Å². The first kappa shape index (κ1) is 10.8. The van der Waals surface area contributed by atoms with Crippen LogP contribution in [0.3, 0.4) is 0 Å². The van der Waals surface area contributed by atoms with Gasteiger partial charge in [-0.3, -0.25) is 0 Å². The van der Waals surface area contributed by atoms with Gasteiger partial charge in [-0.15, -0.1) is 0 Å².